The summed E-state index contributed by atoms with van der Waals surface area (Å²) in [4.78, 5) is 0.589. The average Bonchev–Trinajstić information content (AvgIpc) is 2.24. The number of halogens is 1. The van der Waals surface area contributed by atoms with Crippen LogP contribution >= 0.6 is 11.8 Å². The van der Waals surface area contributed by atoms with Crippen LogP contribution in [0.25, 0.3) is 0 Å². The zero-order valence-corrected chi connectivity index (χ0v) is 11.9. The van der Waals surface area contributed by atoms with Crippen molar-refractivity contribution in [3.05, 3.63) is 30.1 Å². The molecule has 0 unspecified atom stereocenters. The van der Waals surface area contributed by atoms with Crippen molar-refractivity contribution < 1.29 is 4.39 Å². The number of benzene rings is 1. The van der Waals surface area contributed by atoms with Crippen LogP contribution in [0.4, 0.5) is 4.39 Å². The zero-order valence-electron chi connectivity index (χ0n) is 11.0. The summed E-state index contributed by atoms with van der Waals surface area (Å²) >= 11 is 1.39. The summed E-state index contributed by atoms with van der Waals surface area (Å²) in [6.07, 6.45) is 1.71. The minimum Gasteiger partial charge on any atom is -0.206 e. The van der Waals surface area contributed by atoms with Gasteiger partial charge in [-0.25, -0.2) is 4.39 Å². The molecule has 96 valence electrons. The van der Waals surface area contributed by atoms with Gasteiger partial charge in [0, 0.05) is 4.90 Å². The first-order chi connectivity index (χ1) is 8.36. The standard InChI is InChI=1S/C15H18FNS/c1-14(2,3)11-8-15(9-11,10-17)18-13-7-5-4-6-12(13)16/h4-7,11H,8-9H2,1-3H3. The number of rotatable bonds is 2. The van der Waals surface area contributed by atoms with E-state index in [9.17, 15) is 9.65 Å². The molecule has 1 aromatic carbocycles. The van der Waals surface area contributed by atoms with Gasteiger partial charge in [-0.05, 0) is 36.3 Å². The molecule has 3 heteroatoms. The van der Waals surface area contributed by atoms with Crippen molar-refractivity contribution in [1.82, 2.24) is 0 Å². The number of hydrogen-bond acceptors (Lipinski definition) is 2. The lowest BCUT2D eigenvalue weighted by molar-refractivity contribution is 0.122. The van der Waals surface area contributed by atoms with Crippen molar-refractivity contribution in [2.45, 2.75) is 43.3 Å². The number of hydrogen-bond donors (Lipinski definition) is 0. The summed E-state index contributed by atoms with van der Waals surface area (Å²) < 4.78 is 13.2. The van der Waals surface area contributed by atoms with Crippen LogP contribution in [-0.4, -0.2) is 4.75 Å². The first kappa shape index (κ1) is 13.4. The molecule has 0 atom stereocenters. The summed E-state index contributed by atoms with van der Waals surface area (Å²) in [5.74, 6) is 0.327. The van der Waals surface area contributed by atoms with E-state index in [4.69, 9.17) is 0 Å². The van der Waals surface area contributed by atoms with Crippen LogP contribution in [0.15, 0.2) is 29.2 Å². The monoisotopic (exact) mass is 263 g/mol. The van der Waals surface area contributed by atoms with Crippen LogP contribution in [0.2, 0.25) is 0 Å². The normalized spacial score (nSPS) is 27.4. The van der Waals surface area contributed by atoms with Crippen molar-refractivity contribution >= 4 is 11.8 Å². The highest BCUT2D eigenvalue weighted by Crippen LogP contribution is 2.56. The van der Waals surface area contributed by atoms with Crippen LogP contribution in [0.3, 0.4) is 0 Å². The molecule has 18 heavy (non-hydrogen) atoms. The number of nitrogens with zero attached hydrogens (tertiary/aromatic N) is 1. The highest BCUT2D eigenvalue weighted by molar-refractivity contribution is 8.01. The molecule has 0 heterocycles. The molecule has 1 aromatic rings. The Balaban J connectivity index is 2.10. The quantitative estimate of drug-likeness (QED) is 0.776. The van der Waals surface area contributed by atoms with E-state index in [2.05, 4.69) is 26.8 Å². The fourth-order valence-electron chi connectivity index (χ4n) is 2.28. The maximum Gasteiger partial charge on any atom is 0.136 e. The summed E-state index contributed by atoms with van der Waals surface area (Å²) in [5.41, 5.74) is 0.232. The fraction of sp³-hybridized carbons (Fsp3) is 0.533. The molecule has 0 spiro atoms. The molecule has 0 bridgehead atoms. The Hall–Kier alpha value is -1.01. The Morgan fingerprint density at radius 3 is 2.44 bits per heavy atom. The van der Waals surface area contributed by atoms with Crippen LogP contribution in [0.5, 0.6) is 0 Å². The molecule has 2 rings (SSSR count). The Morgan fingerprint density at radius 2 is 1.94 bits per heavy atom. The van der Waals surface area contributed by atoms with Gasteiger partial charge < -0.3 is 0 Å². The van der Waals surface area contributed by atoms with E-state index < -0.39 is 4.75 Å². The highest BCUT2D eigenvalue weighted by Gasteiger charge is 2.50. The maximum atomic E-state index is 13.6. The zero-order chi connectivity index (χ0) is 13.4. The summed E-state index contributed by atoms with van der Waals surface area (Å²) in [7, 11) is 0. The second kappa shape index (κ2) is 4.59. The van der Waals surface area contributed by atoms with Crippen molar-refractivity contribution in [2.75, 3.05) is 0 Å². The van der Waals surface area contributed by atoms with Crippen molar-refractivity contribution in [3.8, 4) is 6.07 Å². The number of nitriles is 1. The molecule has 0 aromatic heterocycles. The second-order valence-electron chi connectivity index (χ2n) is 6.11. The summed E-state index contributed by atoms with van der Waals surface area (Å²) in [5, 5.41) is 9.38. The van der Waals surface area contributed by atoms with E-state index >= 15 is 0 Å². The second-order valence-corrected chi connectivity index (χ2v) is 7.54. The molecule has 0 amide bonds. The van der Waals surface area contributed by atoms with Gasteiger partial charge in [-0.3, -0.25) is 0 Å². The molecule has 1 aliphatic rings. The molecule has 1 aliphatic carbocycles. The Labute approximate surface area is 112 Å². The lowest BCUT2D eigenvalue weighted by Gasteiger charge is -2.48. The SMILES string of the molecule is CC(C)(C)C1CC(C#N)(Sc2ccccc2F)C1. The minimum atomic E-state index is -0.430. The smallest absolute Gasteiger partial charge is 0.136 e. The van der Waals surface area contributed by atoms with Crippen LogP contribution in [0.1, 0.15) is 33.6 Å². The van der Waals surface area contributed by atoms with Gasteiger partial charge in [0.1, 0.15) is 10.6 Å². The van der Waals surface area contributed by atoms with Gasteiger partial charge >= 0.3 is 0 Å². The van der Waals surface area contributed by atoms with E-state index in [1.807, 2.05) is 6.07 Å². The average molecular weight is 263 g/mol. The molecular formula is C15H18FNS. The van der Waals surface area contributed by atoms with Gasteiger partial charge in [-0.15, -0.1) is 11.8 Å². The maximum absolute atomic E-state index is 13.6. The van der Waals surface area contributed by atoms with E-state index in [1.54, 1.807) is 12.1 Å². The van der Waals surface area contributed by atoms with Crippen LogP contribution < -0.4 is 0 Å². The van der Waals surface area contributed by atoms with E-state index in [0.29, 0.717) is 10.8 Å². The van der Waals surface area contributed by atoms with Crippen molar-refractivity contribution in [3.63, 3.8) is 0 Å². The van der Waals surface area contributed by atoms with Gasteiger partial charge in [0.25, 0.3) is 0 Å². The Morgan fingerprint density at radius 1 is 1.33 bits per heavy atom. The largest absolute Gasteiger partial charge is 0.206 e. The topological polar surface area (TPSA) is 23.8 Å². The molecular weight excluding hydrogens is 245 g/mol. The van der Waals surface area contributed by atoms with Gasteiger partial charge in [0.2, 0.25) is 0 Å². The first-order valence-electron chi connectivity index (χ1n) is 6.21. The van der Waals surface area contributed by atoms with Gasteiger partial charge in [0.15, 0.2) is 0 Å². The third-order valence-electron chi connectivity index (χ3n) is 3.72. The van der Waals surface area contributed by atoms with E-state index in [1.165, 1.54) is 17.8 Å². The Kier molecular flexibility index (Phi) is 3.42. The number of thioether (sulfide) groups is 1. The molecule has 0 N–H and O–H groups in total. The van der Waals surface area contributed by atoms with Gasteiger partial charge in [-0.2, -0.15) is 5.26 Å². The predicted octanol–water partition coefficient (Wildman–Crippen LogP) is 4.64. The third kappa shape index (κ3) is 2.54. The third-order valence-corrected chi connectivity index (χ3v) is 5.09. The fourth-order valence-corrected chi connectivity index (χ4v) is 3.63. The molecule has 1 nitrogen and oxygen atoms in total. The summed E-state index contributed by atoms with van der Waals surface area (Å²) in [6, 6.07) is 9.09. The molecule has 0 radical (unpaired) electrons. The van der Waals surface area contributed by atoms with Crippen LogP contribution in [0, 0.1) is 28.5 Å². The summed E-state index contributed by atoms with van der Waals surface area (Å²) in [6.45, 7) is 6.60. The first-order valence-corrected chi connectivity index (χ1v) is 7.03. The predicted molar refractivity (Wildman–Crippen MR) is 72.8 cm³/mol. The van der Waals surface area contributed by atoms with Crippen molar-refractivity contribution in [2.24, 2.45) is 11.3 Å². The van der Waals surface area contributed by atoms with Gasteiger partial charge in [0.05, 0.1) is 6.07 Å². The van der Waals surface area contributed by atoms with E-state index in [-0.39, 0.29) is 11.2 Å². The lowest BCUT2D eigenvalue weighted by atomic mass is 9.63. The van der Waals surface area contributed by atoms with E-state index in [0.717, 1.165) is 12.8 Å². The molecule has 0 saturated heterocycles. The minimum absolute atomic E-state index is 0.226. The highest BCUT2D eigenvalue weighted by atomic mass is 32.2. The Bertz CT molecular complexity index is 478. The van der Waals surface area contributed by atoms with Crippen LogP contribution in [-0.2, 0) is 0 Å². The lowest BCUT2D eigenvalue weighted by Crippen LogP contribution is -2.45. The van der Waals surface area contributed by atoms with Gasteiger partial charge in [-0.1, -0.05) is 32.9 Å². The van der Waals surface area contributed by atoms with Crippen molar-refractivity contribution in [1.29, 1.82) is 5.26 Å². The molecule has 0 aliphatic heterocycles. The molecule has 1 fully saturated rings. The molecule has 1 saturated carbocycles.